The third-order valence-corrected chi connectivity index (χ3v) is 4.43. The van der Waals surface area contributed by atoms with Crippen LogP contribution in [0, 0.1) is 6.92 Å². The molecule has 0 bridgehead atoms. The highest BCUT2D eigenvalue weighted by Crippen LogP contribution is 2.18. The normalized spacial score (nSPS) is 10.8. The number of amides is 1. The van der Waals surface area contributed by atoms with E-state index >= 15 is 0 Å². The Hall–Kier alpha value is -3.25. The predicted molar refractivity (Wildman–Crippen MR) is 117 cm³/mol. The van der Waals surface area contributed by atoms with E-state index < -0.39 is 0 Å². The maximum atomic E-state index is 12.8. The number of nitrogens with zero attached hydrogens (tertiary/aromatic N) is 3. The molecule has 0 aliphatic rings. The van der Waals surface area contributed by atoms with Crippen molar-refractivity contribution in [2.45, 2.75) is 13.5 Å². The van der Waals surface area contributed by atoms with Crippen LogP contribution in [0.25, 0.3) is 11.4 Å². The first kappa shape index (κ1) is 20.5. The fourth-order valence-corrected chi connectivity index (χ4v) is 2.76. The quantitative estimate of drug-likeness (QED) is 0.618. The highest BCUT2D eigenvalue weighted by molar-refractivity contribution is 5.93. The van der Waals surface area contributed by atoms with Gasteiger partial charge in [0.1, 0.15) is 11.5 Å². The monoisotopic (exact) mass is 389 g/mol. The van der Waals surface area contributed by atoms with Crippen LogP contribution in [0.3, 0.4) is 0 Å². The molecule has 3 aromatic rings. The van der Waals surface area contributed by atoms with Crippen LogP contribution >= 0.6 is 0 Å². The molecule has 0 radical (unpaired) electrons. The SMILES string of the molecule is Cc1ccc(CNC(=O)c2cc(NCCN(C)C)nc(-c3ccccc3)n2)cc1. The summed E-state index contributed by atoms with van der Waals surface area (Å²) in [4.78, 5) is 23.9. The predicted octanol–water partition coefficient (Wildman–Crippen LogP) is 3.36. The van der Waals surface area contributed by atoms with Crippen molar-refractivity contribution in [3.8, 4) is 11.4 Å². The number of hydrogen-bond acceptors (Lipinski definition) is 5. The average molecular weight is 390 g/mol. The van der Waals surface area contributed by atoms with Gasteiger partial charge in [0.15, 0.2) is 5.82 Å². The molecule has 6 nitrogen and oxygen atoms in total. The van der Waals surface area contributed by atoms with E-state index in [0.717, 1.165) is 24.2 Å². The molecular formula is C23H27N5O. The molecule has 1 amide bonds. The molecule has 0 aliphatic heterocycles. The summed E-state index contributed by atoms with van der Waals surface area (Å²) in [6.07, 6.45) is 0. The van der Waals surface area contributed by atoms with Crippen LogP contribution in [0.15, 0.2) is 60.7 Å². The molecule has 150 valence electrons. The van der Waals surface area contributed by atoms with Gasteiger partial charge in [-0.3, -0.25) is 4.79 Å². The molecule has 0 atom stereocenters. The lowest BCUT2D eigenvalue weighted by molar-refractivity contribution is 0.0946. The van der Waals surface area contributed by atoms with Crippen molar-refractivity contribution in [3.05, 3.63) is 77.5 Å². The van der Waals surface area contributed by atoms with Gasteiger partial charge in [-0.05, 0) is 26.6 Å². The summed E-state index contributed by atoms with van der Waals surface area (Å²) in [6, 6.07) is 19.5. The van der Waals surface area contributed by atoms with Gasteiger partial charge in [0.25, 0.3) is 5.91 Å². The second-order valence-corrected chi connectivity index (χ2v) is 7.23. The second-order valence-electron chi connectivity index (χ2n) is 7.23. The third-order valence-electron chi connectivity index (χ3n) is 4.43. The van der Waals surface area contributed by atoms with E-state index in [9.17, 15) is 4.79 Å². The Balaban J connectivity index is 1.79. The minimum Gasteiger partial charge on any atom is -0.369 e. The molecule has 6 heteroatoms. The topological polar surface area (TPSA) is 70.2 Å². The highest BCUT2D eigenvalue weighted by Gasteiger charge is 2.13. The maximum absolute atomic E-state index is 12.8. The Bertz CT molecular complexity index is 939. The summed E-state index contributed by atoms with van der Waals surface area (Å²) in [5.41, 5.74) is 3.46. The van der Waals surface area contributed by atoms with Crippen molar-refractivity contribution in [1.82, 2.24) is 20.2 Å². The minimum atomic E-state index is -0.221. The van der Waals surface area contributed by atoms with Crippen LogP contribution in [0.1, 0.15) is 21.6 Å². The van der Waals surface area contributed by atoms with Crippen molar-refractivity contribution in [2.75, 3.05) is 32.5 Å². The summed E-state index contributed by atoms with van der Waals surface area (Å²) in [7, 11) is 4.03. The molecule has 0 saturated carbocycles. The van der Waals surface area contributed by atoms with Crippen LogP contribution in [0.2, 0.25) is 0 Å². The van der Waals surface area contributed by atoms with E-state index in [1.54, 1.807) is 6.07 Å². The fourth-order valence-electron chi connectivity index (χ4n) is 2.76. The van der Waals surface area contributed by atoms with Gasteiger partial charge < -0.3 is 15.5 Å². The zero-order valence-corrected chi connectivity index (χ0v) is 17.1. The smallest absolute Gasteiger partial charge is 0.270 e. The zero-order chi connectivity index (χ0) is 20.6. The number of rotatable bonds is 8. The molecule has 0 aliphatic carbocycles. The number of benzene rings is 2. The van der Waals surface area contributed by atoms with E-state index in [2.05, 4.69) is 25.5 Å². The Labute approximate surface area is 172 Å². The van der Waals surface area contributed by atoms with Gasteiger partial charge in [-0.25, -0.2) is 9.97 Å². The molecule has 0 fully saturated rings. The fraction of sp³-hybridized carbons (Fsp3) is 0.261. The molecule has 2 aromatic carbocycles. The van der Waals surface area contributed by atoms with Crippen LogP contribution in [0.4, 0.5) is 5.82 Å². The van der Waals surface area contributed by atoms with Crippen molar-refractivity contribution >= 4 is 11.7 Å². The van der Waals surface area contributed by atoms with Gasteiger partial charge in [-0.2, -0.15) is 0 Å². The number of anilines is 1. The molecule has 0 unspecified atom stereocenters. The van der Waals surface area contributed by atoms with Crippen molar-refractivity contribution in [1.29, 1.82) is 0 Å². The van der Waals surface area contributed by atoms with Gasteiger partial charge >= 0.3 is 0 Å². The number of aryl methyl sites for hydroxylation is 1. The van der Waals surface area contributed by atoms with E-state index in [-0.39, 0.29) is 5.91 Å². The third kappa shape index (κ3) is 6.12. The van der Waals surface area contributed by atoms with Gasteiger partial charge in [0.2, 0.25) is 0 Å². The number of hydrogen-bond donors (Lipinski definition) is 2. The van der Waals surface area contributed by atoms with E-state index in [0.29, 0.717) is 23.9 Å². The van der Waals surface area contributed by atoms with Gasteiger partial charge in [0.05, 0.1) is 0 Å². The molecule has 3 rings (SSSR count). The highest BCUT2D eigenvalue weighted by atomic mass is 16.1. The lowest BCUT2D eigenvalue weighted by Crippen LogP contribution is -2.25. The lowest BCUT2D eigenvalue weighted by atomic mass is 10.1. The minimum absolute atomic E-state index is 0.221. The summed E-state index contributed by atoms with van der Waals surface area (Å²) < 4.78 is 0. The van der Waals surface area contributed by atoms with Gasteiger partial charge in [0, 0.05) is 31.3 Å². The zero-order valence-electron chi connectivity index (χ0n) is 17.1. The molecular weight excluding hydrogens is 362 g/mol. The first-order valence-corrected chi connectivity index (χ1v) is 9.68. The number of aromatic nitrogens is 2. The van der Waals surface area contributed by atoms with Gasteiger partial charge in [-0.15, -0.1) is 0 Å². The Morgan fingerprint density at radius 2 is 1.72 bits per heavy atom. The van der Waals surface area contributed by atoms with Crippen molar-refractivity contribution in [3.63, 3.8) is 0 Å². The molecule has 0 saturated heterocycles. The molecule has 2 N–H and O–H groups in total. The second kappa shape index (κ2) is 9.80. The number of carbonyl (C=O) groups excluding carboxylic acids is 1. The summed E-state index contributed by atoms with van der Waals surface area (Å²) in [5, 5.41) is 6.24. The standard InChI is InChI=1S/C23H27N5O/c1-17-9-11-18(12-10-17)16-25-23(29)20-15-21(24-13-14-28(2)3)27-22(26-20)19-7-5-4-6-8-19/h4-12,15H,13-14,16H2,1-3H3,(H,25,29)(H,24,26,27). The van der Waals surface area contributed by atoms with Gasteiger partial charge in [-0.1, -0.05) is 60.2 Å². The summed E-state index contributed by atoms with van der Waals surface area (Å²) in [5.74, 6) is 0.947. The first-order chi connectivity index (χ1) is 14.0. The molecule has 0 spiro atoms. The lowest BCUT2D eigenvalue weighted by Gasteiger charge is -2.13. The van der Waals surface area contributed by atoms with Crippen molar-refractivity contribution < 1.29 is 4.79 Å². The number of carbonyl (C=O) groups is 1. The average Bonchev–Trinajstić information content (AvgIpc) is 2.73. The van der Waals surface area contributed by atoms with Crippen LogP contribution < -0.4 is 10.6 Å². The number of nitrogens with one attached hydrogen (secondary N) is 2. The molecule has 1 heterocycles. The Kier molecular flexibility index (Phi) is 6.92. The van der Waals surface area contributed by atoms with Crippen LogP contribution in [0.5, 0.6) is 0 Å². The van der Waals surface area contributed by atoms with Crippen LogP contribution in [-0.4, -0.2) is 48.0 Å². The summed E-state index contributed by atoms with van der Waals surface area (Å²) >= 11 is 0. The van der Waals surface area contributed by atoms with Crippen LogP contribution in [-0.2, 0) is 6.54 Å². The Morgan fingerprint density at radius 3 is 2.41 bits per heavy atom. The van der Waals surface area contributed by atoms with E-state index in [1.165, 1.54) is 5.56 Å². The Morgan fingerprint density at radius 1 is 1.00 bits per heavy atom. The van der Waals surface area contributed by atoms with E-state index in [1.807, 2.05) is 75.6 Å². The largest absolute Gasteiger partial charge is 0.369 e. The maximum Gasteiger partial charge on any atom is 0.270 e. The van der Waals surface area contributed by atoms with E-state index in [4.69, 9.17) is 0 Å². The van der Waals surface area contributed by atoms with Crippen molar-refractivity contribution in [2.24, 2.45) is 0 Å². The first-order valence-electron chi connectivity index (χ1n) is 9.68. The molecule has 29 heavy (non-hydrogen) atoms. The molecule has 1 aromatic heterocycles. The number of likely N-dealkylation sites (N-methyl/N-ethyl adjacent to an activating group) is 1. The summed E-state index contributed by atoms with van der Waals surface area (Å²) in [6.45, 7) is 4.08.